The molecule has 19 heavy (non-hydrogen) atoms. The molecular formula is C16H11ClO2. The van der Waals surface area contributed by atoms with Crippen LogP contribution in [0.5, 0.6) is 11.5 Å². The van der Waals surface area contributed by atoms with E-state index in [0.29, 0.717) is 5.02 Å². The van der Waals surface area contributed by atoms with Crippen LogP contribution in [-0.2, 0) is 0 Å². The first-order chi connectivity index (χ1) is 9.31. The zero-order chi connectivity index (χ0) is 13.1. The van der Waals surface area contributed by atoms with Crippen molar-refractivity contribution < 1.29 is 9.15 Å². The number of furan rings is 1. The molecule has 0 fully saturated rings. The number of ether oxygens (including phenoxy) is 1. The highest BCUT2D eigenvalue weighted by Crippen LogP contribution is 2.27. The van der Waals surface area contributed by atoms with Crippen molar-refractivity contribution in [3.8, 4) is 22.8 Å². The summed E-state index contributed by atoms with van der Waals surface area (Å²) in [6.45, 7) is 0. The molecule has 94 valence electrons. The van der Waals surface area contributed by atoms with E-state index in [2.05, 4.69) is 0 Å². The SMILES string of the molecule is Clc1cccc(Oc2ccc(-c3ccco3)cc2)c1. The summed E-state index contributed by atoms with van der Waals surface area (Å²) in [6, 6.07) is 18.8. The highest BCUT2D eigenvalue weighted by Gasteiger charge is 2.02. The third-order valence-electron chi connectivity index (χ3n) is 2.69. The van der Waals surface area contributed by atoms with Crippen molar-refractivity contribution in [3.63, 3.8) is 0 Å². The Labute approximate surface area is 116 Å². The van der Waals surface area contributed by atoms with Gasteiger partial charge in [-0.3, -0.25) is 0 Å². The molecule has 0 amide bonds. The zero-order valence-corrected chi connectivity index (χ0v) is 10.8. The molecule has 0 atom stereocenters. The topological polar surface area (TPSA) is 22.4 Å². The Balaban J connectivity index is 1.80. The molecule has 0 unspecified atom stereocenters. The minimum atomic E-state index is 0.657. The van der Waals surface area contributed by atoms with Crippen LogP contribution in [0, 0.1) is 0 Å². The van der Waals surface area contributed by atoms with E-state index in [1.165, 1.54) is 0 Å². The average Bonchev–Trinajstić information content (AvgIpc) is 2.94. The molecule has 0 aliphatic heterocycles. The molecular weight excluding hydrogens is 260 g/mol. The fourth-order valence-corrected chi connectivity index (χ4v) is 1.98. The maximum Gasteiger partial charge on any atom is 0.133 e. The van der Waals surface area contributed by atoms with Gasteiger partial charge in [0.2, 0.25) is 0 Å². The second kappa shape index (κ2) is 5.21. The maximum absolute atomic E-state index is 5.91. The average molecular weight is 271 g/mol. The highest BCUT2D eigenvalue weighted by atomic mass is 35.5. The van der Waals surface area contributed by atoms with Crippen LogP contribution < -0.4 is 4.74 Å². The lowest BCUT2D eigenvalue weighted by atomic mass is 10.2. The van der Waals surface area contributed by atoms with Gasteiger partial charge in [-0.1, -0.05) is 17.7 Å². The van der Waals surface area contributed by atoms with Crippen LogP contribution in [0.3, 0.4) is 0 Å². The molecule has 0 saturated heterocycles. The van der Waals surface area contributed by atoms with Gasteiger partial charge in [0.1, 0.15) is 17.3 Å². The third kappa shape index (κ3) is 2.80. The number of hydrogen-bond acceptors (Lipinski definition) is 2. The summed E-state index contributed by atoms with van der Waals surface area (Å²) in [5.74, 6) is 2.32. The van der Waals surface area contributed by atoms with Gasteiger partial charge < -0.3 is 9.15 Å². The van der Waals surface area contributed by atoms with Crippen LogP contribution in [-0.4, -0.2) is 0 Å². The molecule has 0 spiro atoms. The van der Waals surface area contributed by atoms with Gasteiger partial charge in [0, 0.05) is 10.6 Å². The van der Waals surface area contributed by atoms with Crippen LogP contribution in [0.1, 0.15) is 0 Å². The van der Waals surface area contributed by atoms with Crippen molar-refractivity contribution in [2.75, 3.05) is 0 Å². The van der Waals surface area contributed by atoms with E-state index in [9.17, 15) is 0 Å². The third-order valence-corrected chi connectivity index (χ3v) is 2.93. The Hall–Kier alpha value is -2.19. The zero-order valence-electron chi connectivity index (χ0n) is 10.0. The first-order valence-corrected chi connectivity index (χ1v) is 6.26. The summed E-state index contributed by atoms with van der Waals surface area (Å²) in [4.78, 5) is 0. The van der Waals surface area contributed by atoms with Crippen LogP contribution in [0.25, 0.3) is 11.3 Å². The molecule has 3 rings (SSSR count). The smallest absolute Gasteiger partial charge is 0.133 e. The molecule has 0 aliphatic carbocycles. The fourth-order valence-electron chi connectivity index (χ4n) is 1.80. The normalized spacial score (nSPS) is 10.4. The molecule has 3 heteroatoms. The molecule has 0 saturated carbocycles. The number of hydrogen-bond donors (Lipinski definition) is 0. The quantitative estimate of drug-likeness (QED) is 0.636. The van der Waals surface area contributed by atoms with E-state index in [4.69, 9.17) is 20.8 Å². The molecule has 2 nitrogen and oxygen atoms in total. The molecule has 0 bridgehead atoms. The summed E-state index contributed by atoms with van der Waals surface area (Å²) in [5, 5.41) is 0.657. The van der Waals surface area contributed by atoms with Gasteiger partial charge in [-0.25, -0.2) is 0 Å². The molecule has 1 aromatic heterocycles. The lowest BCUT2D eigenvalue weighted by Gasteiger charge is -2.06. The number of rotatable bonds is 3. The largest absolute Gasteiger partial charge is 0.464 e. The molecule has 2 aromatic carbocycles. The van der Waals surface area contributed by atoms with Gasteiger partial charge in [-0.05, 0) is 54.6 Å². The number of benzene rings is 2. The standard InChI is InChI=1S/C16H11ClO2/c17-13-3-1-4-15(11-13)19-14-8-6-12(7-9-14)16-5-2-10-18-16/h1-11H. The van der Waals surface area contributed by atoms with Crippen LogP contribution >= 0.6 is 11.6 Å². The van der Waals surface area contributed by atoms with Crippen LogP contribution in [0.2, 0.25) is 5.02 Å². The summed E-state index contributed by atoms with van der Waals surface area (Å²) in [7, 11) is 0. The summed E-state index contributed by atoms with van der Waals surface area (Å²) >= 11 is 5.91. The van der Waals surface area contributed by atoms with Crippen molar-refractivity contribution in [1.82, 2.24) is 0 Å². The van der Waals surface area contributed by atoms with Crippen molar-refractivity contribution in [1.29, 1.82) is 0 Å². The monoisotopic (exact) mass is 270 g/mol. The minimum Gasteiger partial charge on any atom is -0.464 e. The van der Waals surface area contributed by atoms with Crippen molar-refractivity contribution >= 4 is 11.6 Å². The Morgan fingerprint density at radius 1 is 0.842 bits per heavy atom. The van der Waals surface area contributed by atoms with Gasteiger partial charge in [-0.15, -0.1) is 0 Å². The van der Waals surface area contributed by atoms with Gasteiger partial charge in [0.05, 0.1) is 6.26 Å². The second-order valence-electron chi connectivity index (χ2n) is 4.06. The minimum absolute atomic E-state index is 0.657. The molecule has 0 N–H and O–H groups in total. The maximum atomic E-state index is 5.91. The first kappa shape index (κ1) is 11.9. The lowest BCUT2D eigenvalue weighted by molar-refractivity contribution is 0.482. The Morgan fingerprint density at radius 2 is 1.68 bits per heavy atom. The fraction of sp³-hybridized carbons (Fsp3) is 0. The Kier molecular flexibility index (Phi) is 3.25. The van der Waals surface area contributed by atoms with Crippen molar-refractivity contribution in [2.45, 2.75) is 0 Å². The molecule has 0 radical (unpaired) electrons. The predicted octanol–water partition coefficient (Wildman–Crippen LogP) is 5.39. The van der Waals surface area contributed by atoms with Gasteiger partial charge in [-0.2, -0.15) is 0 Å². The Morgan fingerprint density at radius 3 is 2.37 bits per heavy atom. The van der Waals surface area contributed by atoms with Crippen LogP contribution in [0.4, 0.5) is 0 Å². The summed E-state index contributed by atoms with van der Waals surface area (Å²) in [5.41, 5.74) is 1.02. The van der Waals surface area contributed by atoms with E-state index in [0.717, 1.165) is 22.8 Å². The summed E-state index contributed by atoms with van der Waals surface area (Å²) < 4.78 is 11.1. The van der Waals surface area contributed by atoms with Gasteiger partial charge in [0.15, 0.2) is 0 Å². The van der Waals surface area contributed by atoms with Gasteiger partial charge in [0.25, 0.3) is 0 Å². The van der Waals surface area contributed by atoms with Gasteiger partial charge >= 0.3 is 0 Å². The van der Waals surface area contributed by atoms with E-state index in [-0.39, 0.29) is 0 Å². The van der Waals surface area contributed by atoms with Crippen molar-refractivity contribution in [3.05, 3.63) is 71.9 Å². The summed E-state index contributed by atoms with van der Waals surface area (Å²) in [6.07, 6.45) is 1.66. The molecule has 3 aromatic rings. The second-order valence-corrected chi connectivity index (χ2v) is 4.50. The molecule has 1 heterocycles. The Bertz CT molecular complexity index is 657. The first-order valence-electron chi connectivity index (χ1n) is 5.89. The van der Waals surface area contributed by atoms with Crippen LogP contribution in [0.15, 0.2) is 71.3 Å². The predicted molar refractivity (Wildman–Crippen MR) is 75.7 cm³/mol. The van der Waals surface area contributed by atoms with E-state index < -0.39 is 0 Å². The van der Waals surface area contributed by atoms with Crippen molar-refractivity contribution in [2.24, 2.45) is 0 Å². The molecule has 0 aliphatic rings. The van der Waals surface area contributed by atoms with E-state index >= 15 is 0 Å². The lowest BCUT2D eigenvalue weighted by Crippen LogP contribution is -1.84. The van der Waals surface area contributed by atoms with E-state index in [1.54, 1.807) is 12.3 Å². The van der Waals surface area contributed by atoms with E-state index in [1.807, 2.05) is 54.6 Å². The number of halogens is 1. The highest BCUT2D eigenvalue weighted by molar-refractivity contribution is 6.30.